The van der Waals surface area contributed by atoms with E-state index in [1.807, 2.05) is 25.1 Å². The van der Waals surface area contributed by atoms with Crippen LogP contribution in [0.5, 0.6) is 5.75 Å². The number of rotatable bonds is 6. The number of benzene rings is 1. The van der Waals surface area contributed by atoms with E-state index in [4.69, 9.17) is 4.74 Å². The zero-order chi connectivity index (χ0) is 13.4. The molecule has 0 saturated heterocycles. The van der Waals surface area contributed by atoms with Gasteiger partial charge in [-0.15, -0.1) is 0 Å². The molecule has 0 aromatic heterocycles. The van der Waals surface area contributed by atoms with Gasteiger partial charge in [0, 0.05) is 13.6 Å². The number of carbonyl (C=O) groups is 2. The minimum Gasteiger partial charge on any atom is -0.484 e. The molecule has 0 saturated carbocycles. The molecule has 0 bridgehead atoms. The van der Waals surface area contributed by atoms with Crippen LogP contribution >= 0.6 is 0 Å². The Balaban J connectivity index is 2.24. The van der Waals surface area contributed by atoms with Crippen molar-refractivity contribution in [1.29, 1.82) is 0 Å². The van der Waals surface area contributed by atoms with E-state index in [0.29, 0.717) is 12.3 Å². The fourth-order valence-corrected chi connectivity index (χ4v) is 1.20. The maximum atomic E-state index is 11.4. The first-order chi connectivity index (χ1) is 8.63. The third kappa shape index (κ3) is 4.86. The maximum absolute atomic E-state index is 11.4. The van der Waals surface area contributed by atoms with Crippen molar-refractivity contribution >= 4 is 11.8 Å². The third-order valence-corrected chi connectivity index (χ3v) is 2.45. The summed E-state index contributed by atoms with van der Waals surface area (Å²) >= 11 is 0. The molecule has 0 aliphatic rings. The highest BCUT2D eigenvalue weighted by Gasteiger charge is 2.08. The van der Waals surface area contributed by atoms with Crippen molar-refractivity contribution in [2.45, 2.75) is 6.92 Å². The molecule has 0 aliphatic carbocycles. The van der Waals surface area contributed by atoms with E-state index in [0.717, 1.165) is 0 Å². The van der Waals surface area contributed by atoms with Gasteiger partial charge in [-0.05, 0) is 19.1 Å². The monoisotopic (exact) mass is 250 g/mol. The molecule has 1 N–H and O–H groups in total. The summed E-state index contributed by atoms with van der Waals surface area (Å²) in [5, 5.41) is 2.51. The van der Waals surface area contributed by atoms with Gasteiger partial charge in [-0.25, -0.2) is 0 Å². The Morgan fingerprint density at radius 1 is 1.28 bits per heavy atom. The van der Waals surface area contributed by atoms with Crippen LogP contribution in [0, 0.1) is 0 Å². The summed E-state index contributed by atoms with van der Waals surface area (Å²) in [5.41, 5.74) is 0. The van der Waals surface area contributed by atoms with Crippen LogP contribution in [0.1, 0.15) is 6.92 Å². The van der Waals surface area contributed by atoms with E-state index in [9.17, 15) is 9.59 Å². The van der Waals surface area contributed by atoms with Gasteiger partial charge in [0.2, 0.25) is 5.91 Å². The summed E-state index contributed by atoms with van der Waals surface area (Å²) in [6.07, 6.45) is 0. The second kappa shape index (κ2) is 7.32. The van der Waals surface area contributed by atoms with Gasteiger partial charge in [-0.1, -0.05) is 18.2 Å². The molecule has 0 radical (unpaired) electrons. The summed E-state index contributed by atoms with van der Waals surface area (Å²) in [5.74, 6) is 0.201. The lowest BCUT2D eigenvalue weighted by Crippen LogP contribution is -2.39. The number of amides is 2. The lowest BCUT2D eigenvalue weighted by Gasteiger charge is -2.14. The van der Waals surface area contributed by atoms with Crippen molar-refractivity contribution < 1.29 is 14.3 Å². The molecule has 0 aliphatic heterocycles. The van der Waals surface area contributed by atoms with Crippen molar-refractivity contribution in [2.75, 3.05) is 26.7 Å². The van der Waals surface area contributed by atoms with Gasteiger partial charge in [-0.2, -0.15) is 0 Å². The fourth-order valence-electron chi connectivity index (χ4n) is 1.20. The van der Waals surface area contributed by atoms with Gasteiger partial charge in [0.05, 0.1) is 6.54 Å². The van der Waals surface area contributed by atoms with Crippen LogP contribution in [0.25, 0.3) is 0 Å². The van der Waals surface area contributed by atoms with Gasteiger partial charge in [0.25, 0.3) is 5.91 Å². The average Bonchev–Trinajstić information content (AvgIpc) is 2.42. The number of para-hydroxylation sites is 1. The fraction of sp³-hybridized carbons (Fsp3) is 0.385. The number of carbonyl (C=O) groups excluding carboxylic acids is 2. The number of ether oxygens (including phenoxy) is 1. The standard InChI is InChI=1S/C13H18N2O3/c1-3-15(2)13(17)9-14-12(16)10-18-11-7-5-4-6-8-11/h4-8H,3,9-10H2,1-2H3,(H,14,16). The lowest BCUT2D eigenvalue weighted by molar-refractivity contribution is -0.132. The molecule has 5 heteroatoms. The highest BCUT2D eigenvalue weighted by Crippen LogP contribution is 2.07. The number of hydrogen-bond acceptors (Lipinski definition) is 3. The van der Waals surface area contributed by atoms with Crippen molar-refractivity contribution in [3.63, 3.8) is 0 Å². The normalized spacial score (nSPS) is 9.67. The molecule has 0 heterocycles. The summed E-state index contributed by atoms with van der Waals surface area (Å²) in [7, 11) is 1.69. The second-order valence-corrected chi connectivity index (χ2v) is 3.79. The van der Waals surface area contributed by atoms with E-state index in [1.54, 1.807) is 24.1 Å². The minimum absolute atomic E-state index is 0.00131. The molecule has 2 amide bonds. The minimum atomic E-state index is -0.309. The predicted octanol–water partition coefficient (Wildman–Crippen LogP) is 0.660. The van der Waals surface area contributed by atoms with E-state index in [2.05, 4.69) is 5.32 Å². The van der Waals surface area contributed by atoms with Crippen LogP contribution in [-0.2, 0) is 9.59 Å². The largest absolute Gasteiger partial charge is 0.484 e. The number of nitrogens with zero attached hydrogens (tertiary/aromatic N) is 1. The maximum Gasteiger partial charge on any atom is 0.258 e. The quantitative estimate of drug-likeness (QED) is 0.807. The van der Waals surface area contributed by atoms with Crippen LogP contribution in [-0.4, -0.2) is 43.5 Å². The molecule has 0 spiro atoms. The smallest absolute Gasteiger partial charge is 0.258 e. The third-order valence-electron chi connectivity index (χ3n) is 2.45. The van der Waals surface area contributed by atoms with Crippen molar-refractivity contribution in [1.82, 2.24) is 10.2 Å². The van der Waals surface area contributed by atoms with Gasteiger partial charge < -0.3 is 15.0 Å². The Labute approximate surface area is 107 Å². The lowest BCUT2D eigenvalue weighted by atomic mass is 10.3. The summed E-state index contributed by atoms with van der Waals surface area (Å²) in [6, 6.07) is 9.05. The Bertz CT molecular complexity index is 392. The summed E-state index contributed by atoms with van der Waals surface area (Å²) in [6.45, 7) is 2.40. The molecule has 0 fully saturated rings. The van der Waals surface area contributed by atoms with Crippen molar-refractivity contribution in [3.8, 4) is 5.75 Å². The number of hydrogen-bond donors (Lipinski definition) is 1. The van der Waals surface area contributed by atoms with Crippen LogP contribution in [0.4, 0.5) is 0 Å². The Morgan fingerprint density at radius 3 is 2.56 bits per heavy atom. The molecular formula is C13H18N2O3. The summed E-state index contributed by atoms with van der Waals surface area (Å²) < 4.78 is 5.25. The molecule has 1 aromatic carbocycles. The average molecular weight is 250 g/mol. The molecule has 1 rings (SSSR count). The first-order valence-electron chi connectivity index (χ1n) is 5.82. The van der Waals surface area contributed by atoms with Crippen molar-refractivity contribution in [2.24, 2.45) is 0 Å². The SMILES string of the molecule is CCN(C)C(=O)CNC(=O)COc1ccccc1. The number of nitrogens with one attached hydrogen (secondary N) is 1. The second-order valence-electron chi connectivity index (χ2n) is 3.79. The van der Waals surface area contributed by atoms with E-state index in [1.165, 1.54) is 0 Å². The zero-order valence-corrected chi connectivity index (χ0v) is 10.7. The Kier molecular flexibility index (Phi) is 5.70. The molecule has 0 atom stereocenters. The van der Waals surface area contributed by atoms with E-state index >= 15 is 0 Å². The van der Waals surface area contributed by atoms with E-state index in [-0.39, 0.29) is 25.0 Å². The van der Waals surface area contributed by atoms with Crippen molar-refractivity contribution in [3.05, 3.63) is 30.3 Å². The zero-order valence-electron chi connectivity index (χ0n) is 10.7. The highest BCUT2D eigenvalue weighted by molar-refractivity contribution is 5.85. The molecule has 1 aromatic rings. The molecule has 5 nitrogen and oxygen atoms in total. The Morgan fingerprint density at radius 2 is 1.94 bits per heavy atom. The number of likely N-dealkylation sites (N-methyl/N-ethyl adjacent to an activating group) is 1. The first-order valence-corrected chi connectivity index (χ1v) is 5.82. The molecule has 98 valence electrons. The highest BCUT2D eigenvalue weighted by atomic mass is 16.5. The Hall–Kier alpha value is -2.04. The van der Waals surface area contributed by atoms with Crippen LogP contribution in [0.15, 0.2) is 30.3 Å². The van der Waals surface area contributed by atoms with E-state index < -0.39 is 0 Å². The van der Waals surface area contributed by atoms with Gasteiger partial charge in [0.1, 0.15) is 5.75 Å². The summed E-state index contributed by atoms with van der Waals surface area (Å²) in [4.78, 5) is 24.4. The predicted molar refractivity (Wildman–Crippen MR) is 68.3 cm³/mol. The topological polar surface area (TPSA) is 58.6 Å². The molecular weight excluding hydrogens is 232 g/mol. The first kappa shape index (κ1) is 14.0. The van der Waals surface area contributed by atoms with Gasteiger partial charge >= 0.3 is 0 Å². The van der Waals surface area contributed by atoms with Gasteiger partial charge in [0.15, 0.2) is 6.61 Å². The van der Waals surface area contributed by atoms with Crippen LogP contribution in [0.2, 0.25) is 0 Å². The molecule has 0 unspecified atom stereocenters. The van der Waals surface area contributed by atoms with Crippen LogP contribution in [0.3, 0.4) is 0 Å². The van der Waals surface area contributed by atoms with Gasteiger partial charge in [-0.3, -0.25) is 9.59 Å². The molecule has 18 heavy (non-hydrogen) atoms. The van der Waals surface area contributed by atoms with Crippen LogP contribution < -0.4 is 10.1 Å².